The molecule has 0 bridgehead atoms. The number of nitrogens with zero attached hydrogens (tertiary/aromatic N) is 1. The molecule has 4 rings (SSSR count). The van der Waals surface area contributed by atoms with E-state index in [4.69, 9.17) is 4.74 Å². The molecule has 0 N–H and O–H groups in total. The van der Waals surface area contributed by atoms with E-state index in [-0.39, 0.29) is 16.7 Å². The fraction of sp³-hybridized carbons (Fsp3) is 0.412. The normalized spacial score (nSPS) is 27.0. The van der Waals surface area contributed by atoms with Gasteiger partial charge in [0, 0.05) is 22.9 Å². The number of thiophene rings is 1. The summed E-state index contributed by atoms with van der Waals surface area (Å²) in [5.74, 6) is 0.540. The Morgan fingerprint density at radius 2 is 1.91 bits per heavy atom. The molecule has 1 aliphatic heterocycles. The molecule has 2 aliphatic rings. The van der Waals surface area contributed by atoms with Crippen molar-refractivity contribution >= 4 is 17.0 Å². The van der Waals surface area contributed by atoms with Crippen LogP contribution in [-0.2, 0) is 4.74 Å². The van der Waals surface area contributed by atoms with E-state index in [0.717, 1.165) is 12.0 Å². The highest BCUT2D eigenvalue weighted by Gasteiger charge is 2.38. The molecular formula is C17H17NO3S. The minimum Gasteiger partial charge on any atom is -0.365 e. The van der Waals surface area contributed by atoms with Crippen LogP contribution in [0.25, 0.3) is 0 Å². The van der Waals surface area contributed by atoms with Gasteiger partial charge in [-0.2, -0.15) is 0 Å². The quantitative estimate of drug-likeness (QED) is 0.590. The second-order valence-electron chi connectivity index (χ2n) is 6.03. The van der Waals surface area contributed by atoms with Crippen LogP contribution in [-0.4, -0.2) is 11.0 Å². The van der Waals surface area contributed by atoms with Crippen molar-refractivity contribution in [2.24, 2.45) is 0 Å². The Kier molecular flexibility index (Phi) is 3.47. The van der Waals surface area contributed by atoms with Crippen molar-refractivity contribution < 1.29 is 9.66 Å². The van der Waals surface area contributed by atoms with E-state index < -0.39 is 0 Å². The number of ether oxygens (including phenoxy) is 1. The Morgan fingerprint density at radius 1 is 1.14 bits per heavy atom. The minimum absolute atomic E-state index is 0.0820. The van der Waals surface area contributed by atoms with E-state index in [2.05, 4.69) is 11.4 Å². The van der Waals surface area contributed by atoms with Gasteiger partial charge in [0.2, 0.25) is 0 Å². The van der Waals surface area contributed by atoms with Gasteiger partial charge in [-0.1, -0.05) is 12.8 Å². The lowest BCUT2D eigenvalue weighted by atomic mass is 9.80. The van der Waals surface area contributed by atoms with Gasteiger partial charge in [-0.3, -0.25) is 10.1 Å². The van der Waals surface area contributed by atoms with Crippen LogP contribution < -0.4 is 0 Å². The van der Waals surface area contributed by atoms with Crippen LogP contribution in [0.5, 0.6) is 0 Å². The van der Waals surface area contributed by atoms with E-state index in [0.29, 0.717) is 12.0 Å². The molecule has 0 unspecified atom stereocenters. The second-order valence-corrected chi connectivity index (χ2v) is 6.98. The van der Waals surface area contributed by atoms with Crippen LogP contribution in [0.15, 0.2) is 35.7 Å². The summed E-state index contributed by atoms with van der Waals surface area (Å²) in [6.45, 7) is 0. The predicted octanol–water partition coefficient (Wildman–Crippen LogP) is 4.80. The van der Waals surface area contributed by atoms with E-state index in [1.165, 1.54) is 29.7 Å². The molecule has 5 heteroatoms. The zero-order valence-electron chi connectivity index (χ0n) is 12.1. The van der Waals surface area contributed by atoms with Gasteiger partial charge in [0.1, 0.15) is 6.10 Å². The predicted molar refractivity (Wildman–Crippen MR) is 85.3 cm³/mol. The minimum atomic E-state index is -0.362. The molecular weight excluding hydrogens is 298 g/mol. The Hall–Kier alpha value is -1.72. The molecule has 114 valence electrons. The first-order valence-corrected chi connectivity index (χ1v) is 8.59. The molecule has 2 aromatic rings. The van der Waals surface area contributed by atoms with Gasteiger partial charge < -0.3 is 4.74 Å². The van der Waals surface area contributed by atoms with Crippen molar-refractivity contribution in [1.82, 2.24) is 0 Å². The zero-order chi connectivity index (χ0) is 15.1. The van der Waals surface area contributed by atoms with Gasteiger partial charge in [-0.15, -0.1) is 11.3 Å². The fourth-order valence-electron chi connectivity index (χ4n) is 3.69. The van der Waals surface area contributed by atoms with Crippen LogP contribution in [0.1, 0.15) is 53.7 Å². The van der Waals surface area contributed by atoms with Crippen molar-refractivity contribution in [2.45, 2.75) is 43.8 Å². The number of hydrogen-bond donors (Lipinski definition) is 0. The smallest absolute Gasteiger partial charge is 0.269 e. The number of nitro benzene ring substituents is 1. The molecule has 0 saturated heterocycles. The first kappa shape index (κ1) is 13.9. The van der Waals surface area contributed by atoms with Crippen LogP contribution in [0.2, 0.25) is 0 Å². The van der Waals surface area contributed by atoms with Gasteiger partial charge in [-0.25, -0.2) is 0 Å². The van der Waals surface area contributed by atoms with Crippen LogP contribution in [0.3, 0.4) is 0 Å². The number of nitro groups is 1. The van der Waals surface area contributed by atoms with Gasteiger partial charge in [-0.05, 0) is 47.5 Å². The van der Waals surface area contributed by atoms with Crippen molar-refractivity contribution in [1.29, 1.82) is 0 Å². The van der Waals surface area contributed by atoms with Gasteiger partial charge in [0.25, 0.3) is 5.69 Å². The standard InChI is InChI=1S/C17H17NO3S/c19-18(20)12-7-5-11(6-8-12)16-14-9-10-22-17(14)13-3-1-2-4-15(13)21-16/h5-10,13,15-16H,1-4H2/t13-,15+,16-/m1/s1. The highest BCUT2D eigenvalue weighted by molar-refractivity contribution is 7.10. The molecule has 1 aromatic carbocycles. The molecule has 22 heavy (non-hydrogen) atoms. The number of fused-ring (bicyclic) bond motifs is 3. The highest BCUT2D eigenvalue weighted by atomic mass is 32.1. The van der Waals surface area contributed by atoms with Gasteiger partial charge in [0.15, 0.2) is 0 Å². The molecule has 1 aliphatic carbocycles. The molecule has 4 nitrogen and oxygen atoms in total. The molecule has 1 fully saturated rings. The van der Waals surface area contributed by atoms with Crippen LogP contribution >= 0.6 is 11.3 Å². The van der Waals surface area contributed by atoms with Crippen molar-refractivity contribution in [3.63, 3.8) is 0 Å². The van der Waals surface area contributed by atoms with Crippen molar-refractivity contribution in [2.75, 3.05) is 0 Å². The lowest BCUT2D eigenvalue weighted by Gasteiger charge is -2.39. The summed E-state index contributed by atoms with van der Waals surface area (Å²) in [6.07, 6.45) is 5.05. The molecule has 0 amide bonds. The Morgan fingerprint density at radius 3 is 2.68 bits per heavy atom. The van der Waals surface area contributed by atoms with Gasteiger partial charge in [0.05, 0.1) is 11.0 Å². The number of benzene rings is 1. The molecule has 3 atom stereocenters. The summed E-state index contributed by atoms with van der Waals surface area (Å²) in [5, 5.41) is 13.0. The Bertz CT molecular complexity index is 694. The lowest BCUT2D eigenvalue weighted by Crippen LogP contribution is -2.32. The van der Waals surface area contributed by atoms with Gasteiger partial charge >= 0.3 is 0 Å². The van der Waals surface area contributed by atoms with Crippen molar-refractivity contribution in [3.8, 4) is 0 Å². The SMILES string of the molecule is O=[N+]([O-])c1ccc([C@H]2O[C@H]3CCCC[C@H]3c3sccc32)cc1. The first-order chi connectivity index (χ1) is 10.7. The summed E-state index contributed by atoms with van der Waals surface area (Å²) >= 11 is 1.83. The third kappa shape index (κ3) is 2.25. The molecule has 1 saturated carbocycles. The Labute approximate surface area is 132 Å². The van der Waals surface area contributed by atoms with E-state index in [9.17, 15) is 10.1 Å². The number of rotatable bonds is 2. The maximum Gasteiger partial charge on any atom is 0.269 e. The summed E-state index contributed by atoms with van der Waals surface area (Å²) in [5.41, 5.74) is 2.39. The summed E-state index contributed by atoms with van der Waals surface area (Å²) in [4.78, 5) is 11.9. The van der Waals surface area contributed by atoms with Crippen LogP contribution in [0, 0.1) is 10.1 Å². The van der Waals surface area contributed by atoms with Crippen LogP contribution in [0.4, 0.5) is 5.69 Å². The largest absolute Gasteiger partial charge is 0.365 e. The third-order valence-corrected chi connectivity index (χ3v) is 5.83. The molecule has 2 heterocycles. The molecule has 1 aromatic heterocycles. The second kappa shape index (κ2) is 5.48. The first-order valence-electron chi connectivity index (χ1n) is 7.71. The van der Waals surface area contributed by atoms with E-state index >= 15 is 0 Å². The third-order valence-electron chi connectivity index (χ3n) is 4.77. The zero-order valence-corrected chi connectivity index (χ0v) is 12.9. The topological polar surface area (TPSA) is 52.4 Å². The van der Waals surface area contributed by atoms with Crippen molar-refractivity contribution in [3.05, 3.63) is 61.8 Å². The summed E-state index contributed by atoms with van der Waals surface area (Å²) in [7, 11) is 0. The number of non-ortho nitro benzene ring substituents is 1. The lowest BCUT2D eigenvalue weighted by molar-refractivity contribution is -0.384. The van der Waals surface area contributed by atoms with E-state index in [1.54, 1.807) is 12.1 Å². The maximum absolute atomic E-state index is 10.8. The van der Waals surface area contributed by atoms with E-state index in [1.807, 2.05) is 23.5 Å². The average Bonchev–Trinajstić information content (AvgIpc) is 3.04. The summed E-state index contributed by atoms with van der Waals surface area (Å²) in [6, 6.07) is 8.94. The summed E-state index contributed by atoms with van der Waals surface area (Å²) < 4.78 is 6.40. The average molecular weight is 315 g/mol. The Balaban J connectivity index is 1.71. The monoisotopic (exact) mass is 315 g/mol. The highest BCUT2D eigenvalue weighted by Crippen LogP contribution is 2.48. The maximum atomic E-state index is 10.8. The number of hydrogen-bond acceptors (Lipinski definition) is 4. The molecule has 0 spiro atoms. The fourth-order valence-corrected chi connectivity index (χ4v) is 4.80. The molecule has 0 radical (unpaired) electrons.